The zero-order valence-corrected chi connectivity index (χ0v) is 14.9. The molecule has 3 heterocycles. The summed E-state index contributed by atoms with van der Waals surface area (Å²) in [5.74, 6) is 0.969. The fourth-order valence-corrected chi connectivity index (χ4v) is 3.45. The van der Waals surface area contributed by atoms with Gasteiger partial charge in [-0.25, -0.2) is 13.4 Å². The smallest absolute Gasteiger partial charge is 0.224 e. The minimum absolute atomic E-state index is 0.0196. The van der Waals surface area contributed by atoms with E-state index in [2.05, 4.69) is 14.9 Å². The molecule has 1 fully saturated rings. The van der Waals surface area contributed by atoms with Crippen LogP contribution in [0.5, 0.6) is 5.75 Å². The lowest BCUT2D eigenvalue weighted by atomic mass is 10.1. The number of anilines is 1. The van der Waals surface area contributed by atoms with Crippen molar-refractivity contribution in [1.29, 1.82) is 0 Å². The number of hydrogen-bond acceptors (Lipinski definition) is 7. The van der Waals surface area contributed by atoms with Crippen LogP contribution >= 0.6 is 11.6 Å². The van der Waals surface area contributed by atoms with Crippen molar-refractivity contribution in [3.63, 3.8) is 0 Å². The highest BCUT2D eigenvalue weighted by Crippen LogP contribution is 2.42. The summed E-state index contributed by atoms with van der Waals surface area (Å²) >= 11 is 6.09. The van der Waals surface area contributed by atoms with Crippen LogP contribution in [0.3, 0.4) is 0 Å². The standard InChI is InChI=1S/C14H20ClN3O4S/c1-14(2,23(3,19)20)11-10-12(17-13(15)16-11)18-5-7-21-8-9(18)4-6-22-10/h9H,4-8H2,1-3H3/t9-/m1/s1. The van der Waals surface area contributed by atoms with Crippen molar-refractivity contribution in [2.24, 2.45) is 0 Å². The van der Waals surface area contributed by atoms with E-state index < -0.39 is 14.6 Å². The highest BCUT2D eigenvalue weighted by molar-refractivity contribution is 7.91. The SMILES string of the molecule is CC(C)(c1nc(Cl)nc2c1OCC[C@@H]1COCCN21)S(C)(=O)=O. The van der Waals surface area contributed by atoms with Crippen LogP contribution in [-0.2, 0) is 19.3 Å². The predicted octanol–water partition coefficient (Wildman–Crippen LogP) is 1.40. The Kier molecular flexibility index (Phi) is 4.18. The van der Waals surface area contributed by atoms with E-state index in [9.17, 15) is 8.42 Å². The predicted molar refractivity (Wildman–Crippen MR) is 87.0 cm³/mol. The molecule has 1 aromatic rings. The average Bonchev–Trinajstić information content (AvgIpc) is 2.65. The van der Waals surface area contributed by atoms with Crippen LogP contribution in [0.1, 0.15) is 26.0 Å². The molecule has 1 aromatic heterocycles. The third-order valence-electron chi connectivity index (χ3n) is 4.51. The molecule has 0 radical (unpaired) electrons. The molecular formula is C14H20ClN3O4S. The van der Waals surface area contributed by atoms with E-state index in [1.165, 1.54) is 6.26 Å². The van der Waals surface area contributed by atoms with Crippen molar-refractivity contribution in [3.8, 4) is 5.75 Å². The monoisotopic (exact) mass is 361 g/mol. The summed E-state index contributed by atoms with van der Waals surface area (Å²) in [7, 11) is -3.42. The molecule has 0 amide bonds. The maximum atomic E-state index is 12.2. The Morgan fingerprint density at radius 1 is 1.30 bits per heavy atom. The lowest BCUT2D eigenvalue weighted by molar-refractivity contribution is 0.0894. The van der Waals surface area contributed by atoms with Gasteiger partial charge < -0.3 is 14.4 Å². The Hall–Kier alpha value is -1.12. The van der Waals surface area contributed by atoms with E-state index in [0.717, 1.165) is 6.42 Å². The minimum Gasteiger partial charge on any atom is -0.488 e. The fraction of sp³-hybridized carbons (Fsp3) is 0.714. The summed E-state index contributed by atoms with van der Waals surface area (Å²) in [5.41, 5.74) is 0.308. The van der Waals surface area contributed by atoms with Crippen LogP contribution < -0.4 is 9.64 Å². The molecular weight excluding hydrogens is 342 g/mol. The lowest BCUT2D eigenvalue weighted by Gasteiger charge is -2.35. The van der Waals surface area contributed by atoms with Crippen molar-refractivity contribution in [3.05, 3.63) is 11.0 Å². The molecule has 0 aromatic carbocycles. The Morgan fingerprint density at radius 2 is 2.04 bits per heavy atom. The van der Waals surface area contributed by atoms with E-state index in [-0.39, 0.29) is 11.3 Å². The van der Waals surface area contributed by atoms with Crippen LogP contribution in [0.4, 0.5) is 5.82 Å². The van der Waals surface area contributed by atoms with E-state index in [1.807, 2.05) is 0 Å². The number of morpholine rings is 1. The van der Waals surface area contributed by atoms with Gasteiger partial charge >= 0.3 is 0 Å². The van der Waals surface area contributed by atoms with E-state index >= 15 is 0 Å². The van der Waals surface area contributed by atoms with Gasteiger partial charge in [0.1, 0.15) is 10.4 Å². The number of nitrogens with zero attached hydrogens (tertiary/aromatic N) is 3. The third-order valence-corrected chi connectivity index (χ3v) is 6.73. The summed E-state index contributed by atoms with van der Waals surface area (Å²) in [6.45, 7) is 5.50. The van der Waals surface area contributed by atoms with Crippen molar-refractivity contribution >= 4 is 27.3 Å². The molecule has 1 atom stereocenters. The molecule has 9 heteroatoms. The van der Waals surface area contributed by atoms with Crippen molar-refractivity contribution in [2.45, 2.75) is 31.1 Å². The van der Waals surface area contributed by atoms with Gasteiger partial charge in [0.25, 0.3) is 0 Å². The van der Waals surface area contributed by atoms with Gasteiger partial charge in [-0.1, -0.05) is 0 Å². The number of hydrogen-bond donors (Lipinski definition) is 0. The Labute approximate surface area is 140 Å². The van der Waals surface area contributed by atoms with Gasteiger partial charge in [0.2, 0.25) is 5.28 Å². The van der Waals surface area contributed by atoms with Gasteiger partial charge in [0, 0.05) is 19.2 Å². The molecule has 0 aliphatic carbocycles. The minimum atomic E-state index is -3.42. The first-order valence-electron chi connectivity index (χ1n) is 7.46. The molecule has 7 nitrogen and oxygen atoms in total. The highest BCUT2D eigenvalue weighted by Gasteiger charge is 2.41. The maximum absolute atomic E-state index is 12.2. The summed E-state index contributed by atoms with van der Waals surface area (Å²) in [6.07, 6.45) is 1.95. The van der Waals surface area contributed by atoms with E-state index in [0.29, 0.717) is 43.6 Å². The Bertz CT molecular complexity index is 723. The van der Waals surface area contributed by atoms with Crippen molar-refractivity contribution < 1.29 is 17.9 Å². The van der Waals surface area contributed by atoms with Crippen LogP contribution in [0.2, 0.25) is 5.28 Å². The molecule has 0 saturated carbocycles. The molecule has 1 saturated heterocycles. The molecule has 0 N–H and O–H groups in total. The number of rotatable bonds is 2. The Balaban J connectivity index is 2.19. The lowest BCUT2D eigenvalue weighted by Crippen LogP contribution is -2.45. The molecule has 2 aliphatic heterocycles. The maximum Gasteiger partial charge on any atom is 0.224 e. The van der Waals surface area contributed by atoms with Crippen molar-refractivity contribution in [1.82, 2.24) is 9.97 Å². The van der Waals surface area contributed by atoms with Crippen LogP contribution in [0.25, 0.3) is 0 Å². The number of halogens is 1. The summed E-state index contributed by atoms with van der Waals surface area (Å²) in [6, 6.07) is 0.144. The first kappa shape index (κ1) is 16.7. The summed E-state index contributed by atoms with van der Waals surface area (Å²) in [5, 5.41) is 0.0196. The second kappa shape index (κ2) is 5.75. The Morgan fingerprint density at radius 3 is 2.74 bits per heavy atom. The molecule has 2 aliphatic rings. The number of aromatic nitrogens is 2. The summed E-state index contributed by atoms with van der Waals surface area (Å²) in [4.78, 5) is 10.6. The number of fused-ring (bicyclic) bond motifs is 3. The van der Waals surface area contributed by atoms with Gasteiger partial charge in [-0.3, -0.25) is 0 Å². The van der Waals surface area contributed by atoms with Crippen LogP contribution in [0.15, 0.2) is 0 Å². The first-order valence-corrected chi connectivity index (χ1v) is 9.73. The third kappa shape index (κ3) is 2.88. The molecule has 0 spiro atoms. The topological polar surface area (TPSA) is 81.6 Å². The van der Waals surface area contributed by atoms with Gasteiger partial charge in [-0.2, -0.15) is 4.98 Å². The van der Waals surface area contributed by atoms with Crippen LogP contribution in [0, 0.1) is 0 Å². The molecule has 0 unspecified atom stereocenters. The molecule has 128 valence electrons. The summed E-state index contributed by atoms with van der Waals surface area (Å²) < 4.78 is 34.6. The van der Waals surface area contributed by atoms with Gasteiger partial charge in [0.15, 0.2) is 21.4 Å². The van der Waals surface area contributed by atoms with E-state index in [4.69, 9.17) is 21.1 Å². The van der Waals surface area contributed by atoms with Gasteiger partial charge in [-0.15, -0.1) is 0 Å². The number of ether oxygens (including phenoxy) is 2. The number of sulfone groups is 1. The highest BCUT2D eigenvalue weighted by atomic mass is 35.5. The largest absolute Gasteiger partial charge is 0.488 e. The molecule has 3 rings (SSSR count). The van der Waals surface area contributed by atoms with Crippen LogP contribution in [-0.4, -0.2) is 57.0 Å². The zero-order chi connectivity index (χ0) is 16.8. The normalized spacial score (nSPS) is 21.9. The zero-order valence-electron chi connectivity index (χ0n) is 13.4. The first-order chi connectivity index (χ1) is 10.7. The molecule has 0 bridgehead atoms. The van der Waals surface area contributed by atoms with Crippen molar-refractivity contribution in [2.75, 3.05) is 37.5 Å². The van der Waals surface area contributed by atoms with Gasteiger partial charge in [0.05, 0.1) is 25.9 Å². The average molecular weight is 362 g/mol. The van der Waals surface area contributed by atoms with Gasteiger partial charge in [-0.05, 0) is 25.4 Å². The molecule has 23 heavy (non-hydrogen) atoms. The quantitative estimate of drug-likeness (QED) is 0.736. The fourth-order valence-electron chi connectivity index (χ4n) is 2.79. The van der Waals surface area contributed by atoms with E-state index in [1.54, 1.807) is 13.8 Å². The second-order valence-electron chi connectivity index (χ2n) is 6.34. The second-order valence-corrected chi connectivity index (χ2v) is 9.24.